The Morgan fingerprint density at radius 1 is 1.35 bits per heavy atom. The zero-order chi connectivity index (χ0) is 15.3. The van der Waals surface area contributed by atoms with Gasteiger partial charge in [-0.2, -0.15) is 13.2 Å². The molecule has 0 spiro atoms. The van der Waals surface area contributed by atoms with Crippen LogP contribution in [0.25, 0.3) is 0 Å². The van der Waals surface area contributed by atoms with Crippen LogP contribution in [0.5, 0.6) is 0 Å². The van der Waals surface area contributed by atoms with Crippen molar-refractivity contribution in [3.63, 3.8) is 0 Å². The number of anilines is 1. The molecule has 1 aromatic carbocycles. The molecule has 1 amide bonds. The molecule has 0 atom stereocenters. The maximum Gasteiger partial charge on any atom is 0.411 e. The minimum Gasteiger partial charge on any atom is -0.478 e. The van der Waals surface area contributed by atoms with Crippen LogP contribution < -0.4 is 5.32 Å². The predicted molar refractivity (Wildman–Crippen MR) is 63.6 cm³/mol. The summed E-state index contributed by atoms with van der Waals surface area (Å²) in [6.45, 7) is -0.814. The van der Waals surface area contributed by atoms with Crippen molar-refractivity contribution in [1.82, 2.24) is 0 Å². The minimum atomic E-state index is -4.52. The molecule has 0 fully saturated rings. The lowest BCUT2D eigenvalue weighted by atomic mass is 10.1. The molecule has 1 aromatic rings. The van der Waals surface area contributed by atoms with Gasteiger partial charge in [-0.05, 0) is 18.6 Å². The van der Waals surface area contributed by atoms with Crippen molar-refractivity contribution >= 4 is 17.6 Å². The third-order valence-electron chi connectivity index (χ3n) is 2.26. The molecule has 0 aromatic heterocycles. The molecule has 0 aliphatic carbocycles. The summed E-state index contributed by atoms with van der Waals surface area (Å²) in [6, 6.07) is 4.41. The zero-order valence-electron chi connectivity index (χ0n) is 10.5. The molecule has 5 nitrogen and oxygen atoms in total. The van der Waals surface area contributed by atoms with Gasteiger partial charge in [0.05, 0.1) is 11.3 Å². The van der Waals surface area contributed by atoms with E-state index in [0.29, 0.717) is 5.56 Å². The number of benzene rings is 1. The number of carboxylic acid groups (broad SMARTS) is 1. The molecule has 0 unspecified atom stereocenters. The van der Waals surface area contributed by atoms with Gasteiger partial charge in [-0.15, -0.1) is 0 Å². The highest BCUT2D eigenvalue weighted by Crippen LogP contribution is 2.19. The number of hydrogen-bond acceptors (Lipinski definition) is 3. The lowest BCUT2D eigenvalue weighted by molar-refractivity contribution is -0.174. The number of ether oxygens (including phenoxy) is 1. The van der Waals surface area contributed by atoms with E-state index in [1.807, 2.05) is 0 Å². The van der Waals surface area contributed by atoms with Crippen LogP contribution in [0.2, 0.25) is 0 Å². The Balaban J connectivity index is 2.67. The van der Waals surface area contributed by atoms with E-state index in [4.69, 9.17) is 5.11 Å². The molecular weight excluding hydrogens is 279 g/mol. The molecule has 0 radical (unpaired) electrons. The van der Waals surface area contributed by atoms with Crippen LogP contribution in [0.3, 0.4) is 0 Å². The van der Waals surface area contributed by atoms with Crippen LogP contribution in [0.1, 0.15) is 15.9 Å². The first-order chi connectivity index (χ1) is 9.20. The fourth-order valence-corrected chi connectivity index (χ4v) is 1.50. The van der Waals surface area contributed by atoms with E-state index in [2.05, 4.69) is 10.1 Å². The Morgan fingerprint density at radius 3 is 2.55 bits per heavy atom. The monoisotopic (exact) mass is 291 g/mol. The number of aryl methyl sites for hydroxylation is 1. The number of rotatable bonds is 5. The normalized spacial score (nSPS) is 11.2. The van der Waals surface area contributed by atoms with E-state index < -0.39 is 31.3 Å². The highest BCUT2D eigenvalue weighted by molar-refractivity contribution is 6.01. The number of nitrogens with one attached hydrogen (secondary N) is 1. The summed E-state index contributed by atoms with van der Waals surface area (Å²) in [5, 5.41) is 11.2. The zero-order valence-corrected chi connectivity index (χ0v) is 10.5. The summed E-state index contributed by atoms with van der Waals surface area (Å²) in [4.78, 5) is 22.4. The first kappa shape index (κ1) is 16.0. The molecule has 0 saturated heterocycles. The van der Waals surface area contributed by atoms with E-state index >= 15 is 0 Å². The summed E-state index contributed by atoms with van der Waals surface area (Å²) in [5.74, 6) is -2.10. The van der Waals surface area contributed by atoms with Gasteiger partial charge in [0, 0.05) is 0 Å². The van der Waals surface area contributed by atoms with E-state index in [1.54, 1.807) is 13.0 Å². The predicted octanol–water partition coefficient (Wildman–Crippen LogP) is 2.21. The van der Waals surface area contributed by atoms with Gasteiger partial charge in [0.15, 0.2) is 0 Å². The molecule has 0 saturated carbocycles. The van der Waals surface area contributed by atoms with Crippen molar-refractivity contribution in [3.8, 4) is 0 Å². The van der Waals surface area contributed by atoms with Gasteiger partial charge in [0.25, 0.3) is 0 Å². The average molecular weight is 291 g/mol. The Bertz CT molecular complexity index is 514. The van der Waals surface area contributed by atoms with E-state index in [9.17, 15) is 22.8 Å². The van der Waals surface area contributed by atoms with Gasteiger partial charge in [-0.3, -0.25) is 4.79 Å². The third-order valence-corrected chi connectivity index (χ3v) is 2.26. The second-order valence-corrected chi connectivity index (χ2v) is 3.96. The van der Waals surface area contributed by atoms with Crippen molar-refractivity contribution < 1.29 is 32.6 Å². The Hall–Kier alpha value is -2.09. The Labute approximate surface area is 112 Å². The van der Waals surface area contributed by atoms with E-state index in [1.165, 1.54) is 12.1 Å². The fraction of sp³-hybridized carbons (Fsp3) is 0.333. The number of halogens is 3. The van der Waals surface area contributed by atoms with Crippen LogP contribution >= 0.6 is 0 Å². The molecule has 0 bridgehead atoms. The SMILES string of the molecule is Cc1cccc(NC(=O)COCC(F)(F)F)c1C(=O)O. The van der Waals surface area contributed by atoms with Crippen LogP contribution in [-0.4, -0.2) is 36.4 Å². The minimum absolute atomic E-state index is 0.0121. The molecule has 0 aliphatic heterocycles. The molecule has 110 valence electrons. The van der Waals surface area contributed by atoms with Crippen LogP contribution in [-0.2, 0) is 9.53 Å². The van der Waals surface area contributed by atoms with Crippen LogP contribution in [0, 0.1) is 6.92 Å². The highest BCUT2D eigenvalue weighted by atomic mass is 19.4. The summed E-state index contributed by atoms with van der Waals surface area (Å²) in [5.41, 5.74) is 0.321. The summed E-state index contributed by atoms with van der Waals surface area (Å²) in [6.07, 6.45) is -4.52. The number of carboxylic acids is 1. The smallest absolute Gasteiger partial charge is 0.411 e. The number of alkyl halides is 3. The molecule has 1 rings (SSSR count). The molecular formula is C12H12F3NO4. The number of hydrogen-bond donors (Lipinski definition) is 2. The molecule has 0 heterocycles. The van der Waals surface area contributed by atoms with Crippen LogP contribution in [0.4, 0.5) is 18.9 Å². The summed E-state index contributed by atoms with van der Waals surface area (Å²) < 4.78 is 39.6. The quantitative estimate of drug-likeness (QED) is 0.872. The number of carbonyl (C=O) groups excluding carboxylic acids is 1. The fourth-order valence-electron chi connectivity index (χ4n) is 1.50. The summed E-state index contributed by atoms with van der Waals surface area (Å²) >= 11 is 0. The van der Waals surface area contributed by atoms with Gasteiger partial charge < -0.3 is 15.2 Å². The highest BCUT2D eigenvalue weighted by Gasteiger charge is 2.27. The Morgan fingerprint density at radius 2 is 2.00 bits per heavy atom. The Kier molecular flexibility index (Phi) is 5.09. The van der Waals surface area contributed by atoms with Crippen molar-refractivity contribution in [3.05, 3.63) is 29.3 Å². The van der Waals surface area contributed by atoms with Gasteiger partial charge in [-0.1, -0.05) is 12.1 Å². The van der Waals surface area contributed by atoms with Crippen LogP contribution in [0.15, 0.2) is 18.2 Å². The van der Waals surface area contributed by atoms with E-state index in [-0.39, 0.29) is 11.3 Å². The van der Waals surface area contributed by atoms with Crippen molar-refractivity contribution in [2.75, 3.05) is 18.5 Å². The van der Waals surface area contributed by atoms with Crippen molar-refractivity contribution in [1.29, 1.82) is 0 Å². The van der Waals surface area contributed by atoms with Gasteiger partial charge >= 0.3 is 12.1 Å². The third kappa shape index (κ3) is 4.88. The topological polar surface area (TPSA) is 75.6 Å². The maximum atomic E-state index is 11.8. The number of carbonyl (C=O) groups is 2. The molecule has 2 N–H and O–H groups in total. The first-order valence-electron chi connectivity index (χ1n) is 5.48. The first-order valence-corrected chi connectivity index (χ1v) is 5.48. The van der Waals surface area contributed by atoms with Gasteiger partial charge in [0.1, 0.15) is 13.2 Å². The molecule has 20 heavy (non-hydrogen) atoms. The lowest BCUT2D eigenvalue weighted by Crippen LogP contribution is -2.24. The van der Waals surface area contributed by atoms with Crippen molar-refractivity contribution in [2.24, 2.45) is 0 Å². The standard InChI is InChI=1S/C12H12F3NO4/c1-7-3-2-4-8(10(7)11(18)19)16-9(17)5-20-6-12(13,14)15/h2-4H,5-6H2,1H3,(H,16,17)(H,18,19). The second-order valence-electron chi connectivity index (χ2n) is 3.96. The largest absolute Gasteiger partial charge is 0.478 e. The number of amides is 1. The molecule has 0 aliphatic rings. The van der Waals surface area contributed by atoms with E-state index in [0.717, 1.165) is 0 Å². The molecule has 8 heteroatoms. The summed E-state index contributed by atoms with van der Waals surface area (Å²) in [7, 11) is 0. The van der Waals surface area contributed by atoms with Gasteiger partial charge in [0.2, 0.25) is 5.91 Å². The lowest BCUT2D eigenvalue weighted by Gasteiger charge is -2.11. The van der Waals surface area contributed by atoms with Crippen molar-refractivity contribution in [2.45, 2.75) is 13.1 Å². The number of aromatic carboxylic acids is 1. The van der Waals surface area contributed by atoms with Gasteiger partial charge in [-0.25, -0.2) is 4.79 Å². The second kappa shape index (κ2) is 6.38. The average Bonchev–Trinajstić information content (AvgIpc) is 2.26. The maximum absolute atomic E-state index is 11.8.